The van der Waals surface area contributed by atoms with Gasteiger partial charge in [0.1, 0.15) is 6.54 Å². The number of allylic oxidation sites excluding steroid dienone is 3. The molecule has 0 unspecified atom stereocenters. The minimum absolute atomic E-state index is 1.06. The van der Waals surface area contributed by atoms with Gasteiger partial charge >= 0.3 is 0 Å². The summed E-state index contributed by atoms with van der Waals surface area (Å²) in [5, 5.41) is 0. The molecule has 0 aromatic heterocycles. The zero-order valence-corrected chi connectivity index (χ0v) is 5.75. The lowest BCUT2D eigenvalue weighted by molar-refractivity contribution is -0.446. The number of hydrogen-bond acceptors (Lipinski definition) is 0. The highest BCUT2D eigenvalue weighted by Gasteiger charge is 1.92. The van der Waals surface area contributed by atoms with E-state index in [4.69, 9.17) is 0 Å². The fraction of sp³-hybridized carbons (Fsp3) is 0.375. The highest BCUT2D eigenvalue weighted by molar-refractivity contribution is 5.66. The first-order valence-corrected chi connectivity index (χ1v) is 3.36. The zero-order chi connectivity index (χ0) is 6.53. The van der Waals surface area contributed by atoms with E-state index in [2.05, 4.69) is 42.1 Å². The van der Waals surface area contributed by atoms with Crippen LogP contribution in [0.25, 0.3) is 0 Å². The first-order chi connectivity index (χ1) is 4.43. The molecule has 0 fully saturated rings. The molecule has 0 amide bonds. The molecule has 1 nitrogen and oxygen atoms in total. The van der Waals surface area contributed by atoms with Crippen molar-refractivity contribution in [1.29, 1.82) is 0 Å². The first-order valence-electron chi connectivity index (χ1n) is 3.36. The van der Waals surface area contributed by atoms with Crippen molar-refractivity contribution in [2.24, 2.45) is 0 Å². The van der Waals surface area contributed by atoms with Gasteiger partial charge in [-0.05, 0) is 25.5 Å². The Morgan fingerprint density at radius 2 is 2.33 bits per heavy atom. The van der Waals surface area contributed by atoms with E-state index in [9.17, 15) is 0 Å². The van der Waals surface area contributed by atoms with Crippen molar-refractivity contribution in [3.63, 3.8) is 0 Å². The Morgan fingerprint density at radius 3 is 3.11 bits per heavy atom. The molecule has 1 rings (SSSR count). The van der Waals surface area contributed by atoms with Gasteiger partial charge in [-0.25, -0.2) is 4.58 Å². The van der Waals surface area contributed by atoms with Crippen LogP contribution in [0, 0.1) is 0 Å². The maximum atomic E-state index is 2.16. The third kappa shape index (κ3) is 1.84. The molecule has 0 aromatic carbocycles. The third-order valence-electron chi connectivity index (χ3n) is 1.35. The van der Waals surface area contributed by atoms with Crippen LogP contribution in [0.2, 0.25) is 0 Å². The minimum Gasteiger partial charge on any atom is -0.206 e. The lowest BCUT2D eigenvalue weighted by Gasteiger charge is -1.85. The Hall–Kier alpha value is -0.850. The predicted molar refractivity (Wildman–Crippen MR) is 39.8 cm³/mol. The molecule has 0 N–H and O–H groups in total. The summed E-state index contributed by atoms with van der Waals surface area (Å²) in [5.74, 6) is 0. The van der Waals surface area contributed by atoms with E-state index in [1.54, 1.807) is 0 Å². The van der Waals surface area contributed by atoms with Crippen molar-refractivity contribution >= 4 is 6.21 Å². The van der Waals surface area contributed by atoms with Gasteiger partial charge in [-0.2, -0.15) is 0 Å². The molecule has 0 saturated carbocycles. The SMILES string of the molecule is CC[N+]1=CC=CCC=C1. The topological polar surface area (TPSA) is 3.01 Å². The molecule has 1 heterocycles. The average Bonchev–Trinajstić information content (AvgIpc) is 2.13. The number of rotatable bonds is 1. The average molecular weight is 122 g/mol. The Morgan fingerprint density at radius 1 is 1.44 bits per heavy atom. The summed E-state index contributed by atoms with van der Waals surface area (Å²) >= 11 is 0. The van der Waals surface area contributed by atoms with Gasteiger partial charge in [-0.1, -0.05) is 6.08 Å². The Balaban J connectivity index is 2.67. The maximum absolute atomic E-state index is 2.16. The number of hydrogen-bond donors (Lipinski definition) is 0. The minimum atomic E-state index is 1.06. The monoisotopic (exact) mass is 122 g/mol. The van der Waals surface area contributed by atoms with Gasteiger partial charge in [0.05, 0.1) is 0 Å². The zero-order valence-electron chi connectivity index (χ0n) is 5.75. The highest BCUT2D eigenvalue weighted by atomic mass is 15.0. The van der Waals surface area contributed by atoms with Crippen LogP contribution in [0.1, 0.15) is 13.3 Å². The second-order valence-corrected chi connectivity index (χ2v) is 2.03. The largest absolute Gasteiger partial charge is 0.206 e. The lowest BCUT2D eigenvalue weighted by atomic mass is 10.4. The molecule has 0 aliphatic carbocycles. The molecule has 1 aliphatic heterocycles. The molecule has 48 valence electrons. The lowest BCUT2D eigenvalue weighted by Crippen LogP contribution is -2.01. The van der Waals surface area contributed by atoms with Crippen LogP contribution in [0.15, 0.2) is 24.4 Å². The van der Waals surface area contributed by atoms with E-state index < -0.39 is 0 Å². The summed E-state index contributed by atoms with van der Waals surface area (Å²) < 4.78 is 2.16. The summed E-state index contributed by atoms with van der Waals surface area (Å²) in [6.45, 7) is 3.20. The van der Waals surface area contributed by atoms with Crippen LogP contribution in [0.5, 0.6) is 0 Å². The van der Waals surface area contributed by atoms with Crippen LogP contribution in [-0.4, -0.2) is 17.3 Å². The van der Waals surface area contributed by atoms with Crippen molar-refractivity contribution in [1.82, 2.24) is 0 Å². The van der Waals surface area contributed by atoms with E-state index in [1.165, 1.54) is 0 Å². The summed E-state index contributed by atoms with van der Waals surface area (Å²) in [6.07, 6.45) is 11.6. The van der Waals surface area contributed by atoms with E-state index in [-0.39, 0.29) is 0 Å². The second kappa shape index (κ2) is 3.23. The van der Waals surface area contributed by atoms with Gasteiger partial charge in [0, 0.05) is 0 Å². The van der Waals surface area contributed by atoms with Crippen LogP contribution < -0.4 is 0 Å². The van der Waals surface area contributed by atoms with Gasteiger partial charge in [0.25, 0.3) is 0 Å². The van der Waals surface area contributed by atoms with Crippen molar-refractivity contribution < 1.29 is 4.58 Å². The Labute approximate surface area is 56.0 Å². The molecular weight excluding hydrogens is 110 g/mol. The normalized spacial score (nSPS) is 17.2. The van der Waals surface area contributed by atoms with Gasteiger partial charge < -0.3 is 0 Å². The van der Waals surface area contributed by atoms with Crippen molar-refractivity contribution in [2.75, 3.05) is 6.54 Å². The molecule has 1 heteroatoms. The van der Waals surface area contributed by atoms with Gasteiger partial charge in [0.2, 0.25) is 0 Å². The van der Waals surface area contributed by atoms with Crippen molar-refractivity contribution in [2.45, 2.75) is 13.3 Å². The molecule has 0 saturated heterocycles. The molecule has 0 atom stereocenters. The molecular formula is C8H12N+. The van der Waals surface area contributed by atoms with Crippen LogP contribution in [-0.2, 0) is 0 Å². The Kier molecular flexibility index (Phi) is 2.25. The van der Waals surface area contributed by atoms with Crippen LogP contribution >= 0.6 is 0 Å². The predicted octanol–water partition coefficient (Wildman–Crippen LogP) is 1.56. The van der Waals surface area contributed by atoms with Crippen molar-refractivity contribution in [3.8, 4) is 0 Å². The first kappa shape index (κ1) is 6.27. The molecule has 9 heavy (non-hydrogen) atoms. The summed E-state index contributed by atoms with van der Waals surface area (Å²) in [5.41, 5.74) is 0. The standard InChI is InChI=1S/C8H12N/c1-2-9-7-5-3-4-6-8-9/h3,5-8H,2,4H2,1H3/q+1. The van der Waals surface area contributed by atoms with Gasteiger partial charge in [-0.3, -0.25) is 0 Å². The van der Waals surface area contributed by atoms with Crippen molar-refractivity contribution in [3.05, 3.63) is 24.4 Å². The van der Waals surface area contributed by atoms with Gasteiger partial charge in [-0.15, -0.1) is 0 Å². The van der Waals surface area contributed by atoms with Crippen LogP contribution in [0.4, 0.5) is 0 Å². The third-order valence-corrected chi connectivity index (χ3v) is 1.35. The van der Waals surface area contributed by atoms with E-state index in [0.29, 0.717) is 0 Å². The summed E-state index contributed by atoms with van der Waals surface area (Å²) in [7, 11) is 0. The Bertz CT molecular complexity index is 163. The second-order valence-electron chi connectivity index (χ2n) is 2.03. The summed E-state index contributed by atoms with van der Waals surface area (Å²) in [4.78, 5) is 0. The fourth-order valence-electron chi connectivity index (χ4n) is 0.785. The highest BCUT2D eigenvalue weighted by Crippen LogP contribution is 1.90. The molecule has 0 spiro atoms. The smallest absolute Gasteiger partial charge is 0.168 e. The summed E-state index contributed by atoms with van der Waals surface area (Å²) in [6, 6.07) is 0. The van der Waals surface area contributed by atoms with Crippen LogP contribution in [0.3, 0.4) is 0 Å². The fourth-order valence-corrected chi connectivity index (χ4v) is 0.785. The maximum Gasteiger partial charge on any atom is 0.168 e. The quantitative estimate of drug-likeness (QED) is 0.464. The molecule has 1 aliphatic rings. The van der Waals surface area contributed by atoms with E-state index in [0.717, 1.165) is 13.0 Å². The van der Waals surface area contributed by atoms with E-state index in [1.807, 2.05) is 0 Å². The molecule has 0 aromatic rings. The van der Waals surface area contributed by atoms with Gasteiger partial charge in [0.15, 0.2) is 12.4 Å². The number of nitrogens with zero attached hydrogens (tertiary/aromatic N) is 1. The molecule has 0 bridgehead atoms. The van der Waals surface area contributed by atoms with E-state index >= 15 is 0 Å². The molecule has 0 radical (unpaired) electrons.